The lowest BCUT2D eigenvalue weighted by molar-refractivity contribution is -0.165. The Morgan fingerprint density at radius 1 is 0.913 bits per heavy atom. The summed E-state index contributed by atoms with van der Waals surface area (Å²) in [6.45, 7) is -3.91. The molecule has 0 radical (unpaired) electrons. The van der Waals surface area contributed by atoms with Crippen LogP contribution in [-0.4, -0.2) is 31.7 Å². The van der Waals surface area contributed by atoms with E-state index in [2.05, 4.69) is 9.05 Å². The van der Waals surface area contributed by atoms with Crippen LogP contribution in [0, 0.1) is 0 Å². The molecule has 0 N–H and O–H groups in total. The molecule has 0 spiro atoms. The van der Waals surface area contributed by atoms with Crippen LogP contribution in [0.1, 0.15) is 5.56 Å². The molecule has 0 aliphatic heterocycles. The lowest BCUT2D eigenvalue weighted by Gasteiger charge is -2.19. The van der Waals surface area contributed by atoms with Gasteiger partial charge in [0.15, 0.2) is 13.2 Å². The quantitative estimate of drug-likeness (QED) is 0.503. The number of benzene rings is 1. The molecule has 0 fully saturated rings. The van der Waals surface area contributed by atoms with Crippen molar-refractivity contribution in [1.29, 1.82) is 0 Å². The summed E-state index contributed by atoms with van der Waals surface area (Å²) in [6, 6.07) is 8.38. The average molecular weight is 362 g/mol. The van der Waals surface area contributed by atoms with Crippen LogP contribution in [0.25, 0.3) is 6.08 Å². The lowest BCUT2D eigenvalue weighted by Crippen LogP contribution is -2.20. The van der Waals surface area contributed by atoms with Gasteiger partial charge >= 0.3 is 19.9 Å². The van der Waals surface area contributed by atoms with Crippen LogP contribution in [0.3, 0.4) is 0 Å². The largest absolute Gasteiger partial charge is 0.412 e. The highest BCUT2D eigenvalue weighted by atomic mass is 31.2. The summed E-state index contributed by atoms with van der Waals surface area (Å²) in [5.74, 6) is 0. The summed E-state index contributed by atoms with van der Waals surface area (Å²) >= 11 is 0. The summed E-state index contributed by atoms with van der Waals surface area (Å²) in [5, 5.41) is 0. The molecule has 130 valence electrons. The lowest BCUT2D eigenvalue weighted by atomic mass is 10.2. The van der Waals surface area contributed by atoms with E-state index in [0.717, 1.165) is 6.08 Å². The Labute approximate surface area is 128 Å². The highest BCUT2D eigenvalue weighted by Crippen LogP contribution is 2.50. The van der Waals surface area contributed by atoms with Gasteiger partial charge in [-0.1, -0.05) is 42.5 Å². The van der Waals surface area contributed by atoms with Gasteiger partial charge in [0.1, 0.15) is 0 Å². The van der Waals surface area contributed by atoms with Gasteiger partial charge in [-0.3, -0.25) is 13.6 Å². The molecule has 0 unspecified atom stereocenters. The van der Waals surface area contributed by atoms with Crippen molar-refractivity contribution < 1.29 is 40.0 Å². The first-order valence-electron chi connectivity index (χ1n) is 6.22. The van der Waals surface area contributed by atoms with Crippen molar-refractivity contribution >= 4 is 13.7 Å². The molecular formula is C13H13F6O3P. The molecular weight excluding hydrogens is 349 g/mol. The minimum atomic E-state index is -4.83. The zero-order chi connectivity index (χ0) is 17.6. The Morgan fingerprint density at radius 2 is 1.39 bits per heavy atom. The van der Waals surface area contributed by atoms with E-state index in [4.69, 9.17) is 0 Å². The van der Waals surface area contributed by atoms with Crippen LogP contribution in [-0.2, 0) is 13.6 Å². The fourth-order valence-corrected chi connectivity index (χ4v) is 2.70. The minimum Gasteiger partial charge on any atom is -0.299 e. The van der Waals surface area contributed by atoms with Crippen molar-refractivity contribution in [3.05, 3.63) is 42.0 Å². The fourth-order valence-electron chi connectivity index (χ4n) is 1.37. The normalized spacial score (nSPS) is 13.7. The van der Waals surface area contributed by atoms with Crippen molar-refractivity contribution in [3.8, 4) is 0 Å². The molecule has 10 heteroatoms. The zero-order valence-corrected chi connectivity index (χ0v) is 12.5. The van der Waals surface area contributed by atoms with E-state index in [9.17, 15) is 30.9 Å². The van der Waals surface area contributed by atoms with Crippen LogP contribution in [0.4, 0.5) is 26.3 Å². The predicted octanol–water partition coefficient (Wildman–Crippen LogP) is 5.05. The first-order chi connectivity index (χ1) is 10.5. The molecule has 0 aliphatic carbocycles. The third-order valence-electron chi connectivity index (χ3n) is 2.29. The number of allylic oxidation sites excluding steroid dienone is 1. The number of halogens is 6. The highest BCUT2D eigenvalue weighted by Gasteiger charge is 2.37. The zero-order valence-electron chi connectivity index (χ0n) is 11.6. The SMILES string of the molecule is O=P(C/C=C/c1ccccc1)(OCC(F)(F)F)OCC(F)(F)F. The molecule has 0 saturated carbocycles. The molecule has 0 atom stereocenters. The van der Waals surface area contributed by atoms with E-state index in [1.165, 1.54) is 6.08 Å². The van der Waals surface area contributed by atoms with Crippen LogP contribution in [0.2, 0.25) is 0 Å². The summed E-state index contributed by atoms with van der Waals surface area (Å²) in [5.41, 5.74) is 0.630. The molecule has 23 heavy (non-hydrogen) atoms. The van der Waals surface area contributed by atoms with Gasteiger partial charge in [-0.05, 0) is 5.56 Å². The minimum absolute atomic E-state index is 0.630. The Hall–Kier alpha value is -1.31. The maximum absolute atomic E-state index is 12.1. The first-order valence-corrected chi connectivity index (χ1v) is 7.95. The fraction of sp³-hybridized carbons (Fsp3) is 0.385. The maximum Gasteiger partial charge on any atom is 0.412 e. The molecule has 0 bridgehead atoms. The molecule has 0 heterocycles. The van der Waals surface area contributed by atoms with E-state index in [1.807, 2.05) is 0 Å². The van der Waals surface area contributed by atoms with Gasteiger partial charge in [0.05, 0.1) is 6.16 Å². The van der Waals surface area contributed by atoms with E-state index < -0.39 is 39.3 Å². The van der Waals surface area contributed by atoms with Gasteiger partial charge in [-0.25, -0.2) is 0 Å². The van der Waals surface area contributed by atoms with Crippen LogP contribution >= 0.6 is 7.60 Å². The van der Waals surface area contributed by atoms with E-state index in [-0.39, 0.29) is 0 Å². The van der Waals surface area contributed by atoms with E-state index in [1.54, 1.807) is 30.3 Å². The molecule has 0 saturated heterocycles. The Balaban J connectivity index is 2.73. The second-order valence-electron chi connectivity index (χ2n) is 4.38. The van der Waals surface area contributed by atoms with E-state index in [0.29, 0.717) is 5.56 Å². The molecule has 0 amide bonds. The Kier molecular flexibility index (Phi) is 6.85. The van der Waals surface area contributed by atoms with Gasteiger partial charge in [0.25, 0.3) is 0 Å². The van der Waals surface area contributed by atoms with Crippen molar-refractivity contribution in [2.75, 3.05) is 19.4 Å². The number of rotatable bonds is 7. The average Bonchev–Trinajstić information content (AvgIpc) is 2.43. The number of hydrogen-bond donors (Lipinski definition) is 0. The summed E-state index contributed by atoms with van der Waals surface area (Å²) in [7, 11) is -4.58. The van der Waals surface area contributed by atoms with Gasteiger partial charge in [-0.15, -0.1) is 0 Å². The van der Waals surface area contributed by atoms with Gasteiger partial charge in [0, 0.05) is 0 Å². The van der Waals surface area contributed by atoms with Gasteiger partial charge < -0.3 is 0 Å². The van der Waals surface area contributed by atoms with Crippen LogP contribution in [0.5, 0.6) is 0 Å². The highest BCUT2D eigenvalue weighted by molar-refractivity contribution is 7.54. The summed E-state index contributed by atoms with van der Waals surface area (Å²) in [6.07, 6.45) is -7.85. The second-order valence-corrected chi connectivity index (χ2v) is 6.49. The summed E-state index contributed by atoms with van der Waals surface area (Å²) < 4.78 is 92.8. The smallest absolute Gasteiger partial charge is 0.299 e. The standard InChI is InChI=1S/C13H13F6O3P/c14-12(15,16)9-21-23(20,22-10-13(17,18)19)8-4-7-11-5-2-1-3-6-11/h1-7H,8-10H2/b7-4+. The maximum atomic E-state index is 12.1. The summed E-state index contributed by atoms with van der Waals surface area (Å²) in [4.78, 5) is 0. The van der Waals surface area contributed by atoms with Gasteiger partial charge in [-0.2, -0.15) is 26.3 Å². The molecule has 1 aromatic carbocycles. The number of alkyl halides is 6. The molecule has 0 aromatic heterocycles. The predicted molar refractivity (Wildman–Crippen MR) is 72.0 cm³/mol. The Morgan fingerprint density at radius 3 is 1.83 bits per heavy atom. The van der Waals surface area contributed by atoms with Crippen molar-refractivity contribution in [2.24, 2.45) is 0 Å². The monoisotopic (exact) mass is 362 g/mol. The van der Waals surface area contributed by atoms with Crippen LogP contribution < -0.4 is 0 Å². The number of hydrogen-bond acceptors (Lipinski definition) is 3. The van der Waals surface area contributed by atoms with Crippen molar-refractivity contribution in [1.82, 2.24) is 0 Å². The third-order valence-corrected chi connectivity index (χ3v) is 3.99. The van der Waals surface area contributed by atoms with Crippen molar-refractivity contribution in [2.45, 2.75) is 12.4 Å². The second kappa shape index (κ2) is 7.99. The molecule has 3 nitrogen and oxygen atoms in total. The van der Waals surface area contributed by atoms with Crippen LogP contribution in [0.15, 0.2) is 36.4 Å². The topological polar surface area (TPSA) is 35.5 Å². The first kappa shape index (κ1) is 19.7. The van der Waals surface area contributed by atoms with Gasteiger partial charge in [0.2, 0.25) is 0 Å². The third kappa shape index (κ3) is 9.43. The van der Waals surface area contributed by atoms with Crippen molar-refractivity contribution in [3.63, 3.8) is 0 Å². The van der Waals surface area contributed by atoms with E-state index >= 15 is 0 Å². The molecule has 1 aromatic rings. The molecule has 1 rings (SSSR count). The molecule has 0 aliphatic rings. The Bertz CT molecular complexity index is 531.